The zero-order valence-corrected chi connectivity index (χ0v) is 13.1. The van der Waals surface area contributed by atoms with Crippen molar-refractivity contribution in [3.05, 3.63) is 71.8 Å². The number of esters is 1. The number of Topliss-reactive ketones (excluding diaryl/α,β-unsaturated/α-hetero) is 1. The largest absolute Gasteiger partial charge is 0.469 e. The van der Waals surface area contributed by atoms with Gasteiger partial charge < -0.3 is 4.74 Å². The van der Waals surface area contributed by atoms with E-state index in [1.54, 1.807) is 0 Å². The Morgan fingerprint density at radius 2 is 1.39 bits per heavy atom. The molecule has 23 heavy (non-hydrogen) atoms. The first-order valence-electron chi connectivity index (χ1n) is 7.44. The molecule has 0 spiro atoms. The molecule has 0 aromatic heterocycles. The molecule has 0 aliphatic carbocycles. The first-order valence-corrected chi connectivity index (χ1v) is 7.44. The fourth-order valence-electron chi connectivity index (χ4n) is 2.13. The normalized spacial score (nSPS) is 9.96. The van der Waals surface area contributed by atoms with Crippen LogP contribution in [-0.2, 0) is 14.3 Å². The SMILES string of the molecule is COC(=O)CCC(=O)CN=C(c1ccccc1)c1ccccc1. The summed E-state index contributed by atoms with van der Waals surface area (Å²) in [4.78, 5) is 27.5. The summed E-state index contributed by atoms with van der Waals surface area (Å²) in [6, 6.07) is 19.5. The van der Waals surface area contributed by atoms with Gasteiger partial charge in [-0.3, -0.25) is 14.6 Å². The van der Waals surface area contributed by atoms with Gasteiger partial charge in [-0.1, -0.05) is 60.7 Å². The molecule has 0 bridgehead atoms. The van der Waals surface area contributed by atoms with Gasteiger partial charge in [0, 0.05) is 17.5 Å². The van der Waals surface area contributed by atoms with E-state index >= 15 is 0 Å². The average molecular weight is 309 g/mol. The van der Waals surface area contributed by atoms with Crippen LogP contribution in [0.25, 0.3) is 0 Å². The number of hydrogen-bond acceptors (Lipinski definition) is 4. The molecule has 0 fully saturated rings. The van der Waals surface area contributed by atoms with Crippen LogP contribution in [0.2, 0.25) is 0 Å². The number of carbonyl (C=O) groups excluding carboxylic acids is 2. The van der Waals surface area contributed by atoms with Gasteiger partial charge in [-0.2, -0.15) is 0 Å². The minimum atomic E-state index is -0.381. The number of rotatable bonds is 7. The minimum absolute atomic E-state index is 0.0517. The average Bonchev–Trinajstić information content (AvgIpc) is 2.61. The van der Waals surface area contributed by atoms with E-state index in [-0.39, 0.29) is 31.1 Å². The molecule has 0 saturated heterocycles. The summed E-state index contributed by atoms with van der Waals surface area (Å²) < 4.78 is 4.54. The van der Waals surface area contributed by atoms with E-state index in [9.17, 15) is 9.59 Å². The van der Waals surface area contributed by atoms with Crippen LogP contribution in [0.15, 0.2) is 65.7 Å². The van der Waals surface area contributed by atoms with E-state index in [4.69, 9.17) is 0 Å². The quantitative estimate of drug-likeness (QED) is 0.583. The lowest BCUT2D eigenvalue weighted by Gasteiger charge is -2.07. The van der Waals surface area contributed by atoms with Gasteiger partial charge in [-0.15, -0.1) is 0 Å². The molecule has 4 heteroatoms. The molecule has 0 N–H and O–H groups in total. The van der Waals surface area contributed by atoms with Crippen molar-refractivity contribution in [2.75, 3.05) is 13.7 Å². The standard InChI is InChI=1S/C19H19NO3/c1-23-18(22)13-12-17(21)14-20-19(15-8-4-2-5-9-15)16-10-6-3-7-11-16/h2-11H,12-14H2,1H3. The molecule has 2 rings (SSSR count). The summed E-state index contributed by atoms with van der Waals surface area (Å²) in [7, 11) is 1.31. The third-order valence-corrected chi connectivity index (χ3v) is 3.34. The third-order valence-electron chi connectivity index (χ3n) is 3.34. The molecular formula is C19H19NO3. The van der Waals surface area contributed by atoms with Crippen molar-refractivity contribution in [3.8, 4) is 0 Å². The summed E-state index contributed by atoms with van der Waals surface area (Å²) in [6.07, 6.45) is 0.240. The Labute approximate surface area is 135 Å². The molecule has 2 aromatic rings. The van der Waals surface area contributed by atoms with Crippen LogP contribution in [0.1, 0.15) is 24.0 Å². The molecule has 0 radical (unpaired) electrons. The van der Waals surface area contributed by atoms with E-state index < -0.39 is 0 Å². The molecule has 0 unspecified atom stereocenters. The summed E-state index contributed by atoms with van der Waals surface area (Å²) in [5.41, 5.74) is 2.69. The molecule has 4 nitrogen and oxygen atoms in total. The van der Waals surface area contributed by atoms with E-state index in [2.05, 4.69) is 9.73 Å². The highest BCUT2D eigenvalue weighted by Crippen LogP contribution is 2.11. The first kappa shape index (κ1) is 16.6. The summed E-state index contributed by atoms with van der Waals surface area (Å²) >= 11 is 0. The predicted molar refractivity (Wildman–Crippen MR) is 89.6 cm³/mol. The number of nitrogens with zero attached hydrogens (tertiary/aromatic N) is 1. The lowest BCUT2D eigenvalue weighted by Crippen LogP contribution is -2.11. The van der Waals surface area contributed by atoms with Crippen LogP contribution in [0.4, 0.5) is 0 Å². The number of aliphatic imine (C=N–C) groups is 1. The third kappa shape index (κ3) is 5.18. The van der Waals surface area contributed by atoms with Crippen molar-refractivity contribution in [1.82, 2.24) is 0 Å². The molecule has 0 aliphatic heterocycles. The topological polar surface area (TPSA) is 55.7 Å². The van der Waals surface area contributed by atoms with E-state index in [1.807, 2.05) is 60.7 Å². The van der Waals surface area contributed by atoms with Crippen LogP contribution >= 0.6 is 0 Å². The monoisotopic (exact) mass is 309 g/mol. The van der Waals surface area contributed by atoms with E-state index in [1.165, 1.54) is 7.11 Å². The van der Waals surface area contributed by atoms with Gasteiger partial charge in [0.05, 0.1) is 25.8 Å². The van der Waals surface area contributed by atoms with Crippen molar-refractivity contribution in [1.29, 1.82) is 0 Å². The van der Waals surface area contributed by atoms with E-state index in [0.717, 1.165) is 16.8 Å². The highest BCUT2D eigenvalue weighted by atomic mass is 16.5. The minimum Gasteiger partial charge on any atom is -0.469 e. The molecule has 0 amide bonds. The second-order valence-corrected chi connectivity index (χ2v) is 5.01. The first-order chi connectivity index (χ1) is 11.2. The molecule has 0 saturated carbocycles. The maximum Gasteiger partial charge on any atom is 0.305 e. The van der Waals surface area contributed by atoms with Crippen LogP contribution in [-0.4, -0.2) is 31.1 Å². The predicted octanol–water partition coefficient (Wildman–Crippen LogP) is 3.05. The second kappa shape index (κ2) is 8.63. The maximum absolute atomic E-state index is 11.9. The molecule has 0 heterocycles. The highest BCUT2D eigenvalue weighted by Gasteiger charge is 2.09. The van der Waals surface area contributed by atoms with Crippen molar-refractivity contribution in [2.24, 2.45) is 4.99 Å². The van der Waals surface area contributed by atoms with Crippen LogP contribution < -0.4 is 0 Å². The Hall–Kier alpha value is -2.75. The van der Waals surface area contributed by atoms with Crippen LogP contribution in [0.3, 0.4) is 0 Å². The summed E-state index contributed by atoms with van der Waals surface area (Å²) in [5.74, 6) is -0.464. The van der Waals surface area contributed by atoms with Crippen molar-refractivity contribution in [3.63, 3.8) is 0 Å². The Morgan fingerprint density at radius 1 is 0.870 bits per heavy atom. The highest BCUT2D eigenvalue weighted by molar-refractivity contribution is 6.13. The molecule has 0 aliphatic rings. The maximum atomic E-state index is 11.9. The number of methoxy groups -OCH3 is 1. The van der Waals surface area contributed by atoms with Gasteiger partial charge in [-0.05, 0) is 0 Å². The Balaban J connectivity index is 2.15. The van der Waals surface area contributed by atoms with Crippen molar-refractivity contribution < 1.29 is 14.3 Å². The van der Waals surface area contributed by atoms with Gasteiger partial charge >= 0.3 is 5.97 Å². The molecule has 0 atom stereocenters. The number of hydrogen-bond donors (Lipinski definition) is 0. The van der Waals surface area contributed by atoms with Crippen molar-refractivity contribution in [2.45, 2.75) is 12.8 Å². The zero-order valence-electron chi connectivity index (χ0n) is 13.1. The van der Waals surface area contributed by atoms with Gasteiger partial charge in [0.15, 0.2) is 5.78 Å². The lowest BCUT2D eigenvalue weighted by molar-refractivity contribution is -0.141. The number of carbonyl (C=O) groups is 2. The number of benzene rings is 2. The number of ether oxygens (including phenoxy) is 1. The molecule has 2 aromatic carbocycles. The summed E-state index contributed by atoms with van der Waals surface area (Å²) in [5, 5.41) is 0. The fraction of sp³-hybridized carbons (Fsp3) is 0.211. The molecule has 118 valence electrons. The van der Waals surface area contributed by atoms with Gasteiger partial charge in [-0.25, -0.2) is 0 Å². The van der Waals surface area contributed by atoms with Crippen LogP contribution in [0.5, 0.6) is 0 Å². The zero-order chi connectivity index (χ0) is 16.5. The van der Waals surface area contributed by atoms with Crippen molar-refractivity contribution >= 4 is 17.5 Å². The smallest absolute Gasteiger partial charge is 0.305 e. The fourth-order valence-corrected chi connectivity index (χ4v) is 2.13. The number of ketones is 1. The second-order valence-electron chi connectivity index (χ2n) is 5.01. The van der Waals surface area contributed by atoms with Gasteiger partial charge in [0.2, 0.25) is 0 Å². The van der Waals surface area contributed by atoms with Gasteiger partial charge in [0.1, 0.15) is 0 Å². The Morgan fingerprint density at radius 3 is 1.87 bits per heavy atom. The Bertz CT molecular complexity index is 637. The summed E-state index contributed by atoms with van der Waals surface area (Å²) in [6.45, 7) is 0.0517. The Kier molecular flexibility index (Phi) is 6.24. The van der Waals surface area contributed by atoms with Gasteiger partial charge in [0.25, 0.3) is 0 Å². The lowest BCUT2D eigenvalue weighted by atomic mass is 10.0. The van der Waals surface area contributed by atoms with E-state index in [0.29, 0.717) is 0 Å². The van der Waals surface area contributed by atoms with Crippen LogP contribution in [0, 0.1) is 0 Å². The molecular weight excluding hydrogens is 290 g/mol.